The fourth-order valence-electron chi connectivity index (χ4n) is 2.04. The summed E-state index contributed by atoms with van der Waals surface area (Å²) in [7, 11) is 0. The molecule has 118 valence electrons. The van der Waals surface area contributed by atoms with Gasteiger partial charge in [0, 0.05) is 24.6 Å². The van der Waals surface area contributed by atoms with Crippen LogP contribution in [0, 0.1) is 10.1 Å². The first-order valence-corrected chi connectivity index (χ1v) is 7.25. The number of nitrogens with one attached hydrogen (secondary N) is 1. The van der Waals surface area contributed by atoms with Crippen molar-refractivity contribution in [1.82, 2.24) is 0 Å². The maximum atomic E-state index is 10.7. The lowest BCUT2D eigenvalue weighted by Gasteiger charge is -2.19. The topological polar surface area (TPSA) is 88.5 Å². The lowest BCUT2D eigenvalue weighted by atomic mass is 10.1. The molecule has 2 aromatic rings. The summed E-state index contributed by atoms with van der Waals surface area (Å²) in [5.74, 6) is 0.467. The SMILES string of the molecule is CC(CC(O)c1ccco1)Nc1c(Cl)cc([N+](=O)[O-])cc1Cl. The summed E-state index contributed by atoms with van der Waals surface area (Å²) in [5, 5.41) is 24.1. The molecule has 1 heterocycles. The fraction of sp³-hybridized carbons (Fsp3) is 0.286. The van der Waals surface area contributed by atoms with Crippen LogP contribution in [0.5, 0.6) is 0 Å². The molecule has 0 spiro atoms. The van der Waals surface area contributed by atoms with E-state index in [0.29, 0.717) is 17.9 Å². The molecule has 0 aliphatic carbocycles. The first kappa shape index (κ1) is 16.6. The Morgan fingerprint density at radius 1 is 1.41 bits per heavy atom. The number of nitro benzene ring substituents is 1. The number of aliphatic hydroxyl groups is 1. The summed E-state index contributed by atoms with van der Waals surface area (Å²) in [6, 6.07) is 5.65. The van der Waals surface area contributed by atoms with E-state index < -0.39 is 11.0 Å². The van der Waals surface area contributed by atoms with Crippen molar-refractivity contribution in [3.8, 4) is 0 Å². The second kappa shape index (κ2) is 7.00. The molecule has 6 nitrogen and oxygen atoms in total. The third kappa shape index (κ3) is 3.91. The molecule has 0 saturated heterocycles. The number of rotatable bonds is 6. The van der Waals surface area contributed by atoms with E-state index in [0.717, 1.165) is 0 Å². The number of hydrogen-bond acceptors (Lipinski definition) is 5. The Balaban J connectivity index is 2.08. The van der Waals surface area contributed by atoms with E-state index in [9.17, 15) is 15.2 Å². The second-order valence-corrected chi connectivity index (χ2v) is 5.67. The molecule has 0 bridgehead atoms. The van der Waals surface area contributed by atoms with Gasteiger partial charge in [0.25, 0.3) is 5.69 Å². The number of hydrogen-bond donors (Lipinski definition) is 2. The van der Waals surface area contributed by atoms with Crippen molar-refractivity contribution in [3.05, 3.63) is 56.4 Å². The molecular weight excluding hydrogens is 331 g/mol. The Bertz CT molecular complexity index is 638. The van der Waals surface area contributed by atoms with Gasteiger partial charge in [0.15, 0.2) is 0 Å². The van der Waals surface area contributed by atoms with Gasteiger partial charge in [-0.05, 0) is 19.1 Å². The molecule has 0 fully saturated rings. The number of aliphatic hydroxyl groups excluding tert-OH is 1. The van der Waals surface area contributed by atoms with Crippen LogP contribution in [-0.2, 0) is 0 Å². The second-order valence-electron chi connectivity index (χ2n) is 4.85. The van der Waals surface area contributed by atoms with Gasteiger partial charge in [-0.25, -0.2) is 0 Å². The third-order valence-corrected chi connectivity index (χ3v) is 3.67. The number of furan rings is 1. The minimum Gasteiger partial charge on any atom is -0.467 e. The summed E-state index contributed by atoms with van der Waals surface area (Å²) in [4.78, 5) is 10.2. The summed E-state index contributed by atoms with van der Waals surface area (Å²) in [5.41, 5.74) is 0.219. The molecule has 2 unspecified atom stereocenters. The quantitative estimate of drug-likeness (QED) is 0.598. The fourth-order valence-corrected chi connectivity index (χ4v) is 2.62. The highest BCUT2D eigenvalue weighted by molar-refractivity contribution is 6.39. The monoisotopic (exact) mass is 344 g/mol. The van der Waals surface area contributed by atoms with Crippen molar-refractivity contribution < 1.29 is 14.4 Å². The molecule has 22 heavy (non-hydrogen) atoms. The minimum absolute atomic E-state index is 0.151. The molecular formula is C14H14Cl2N2O4. The molecule has 0 amide bonds. The standard InChI is InChI=1S/C14H14Cl2N2O4/c1-8(5-12(19)13-3-2-4-22-13)17-14-10(15)6-9(18(20)21)7-11(14)16/h2-4,6-8,12,17,19H,5H2,1H3. The van der Waals surface area contributed by atoms with Crippen LogP contribution in [-0.4, -0.2) is 16.1 Å². The molecule has 0 aliphatic heterocycles. The highest BCUT2D eigenvalue weighted by Crippen LogP contribution is 2.35. The van der Waals surface area contributed by atoms with Crippen LogP contribution in [0.2, 0.25) is 10.0 Å². The van der Waals surface area contributed by atoms with Crippen LogP contribution in [0.15, 0.2) is 34.9 Å². The van der Waals surface area contributed by atoms with Gasteiger partial charge < -0.3 is 14.8 Å². The zero-order chi connectivity index (χ0) is 16.3. The van der Waals surface area contributed by atoms with Gasteiger partial charge in [-0.3, -0.25) is 10.1 Å². The van der Waals surface area contributed by atoms with E-state index >= 15 is 0 Å². The first-order chi connectivity index (χ1) is 10.4. The zero-order valence-electron chi connectivity index (χ0n) is 11.6. The van der Waals surface area contributed by atoms with Gasteiger partial charge in [0.05, 0.1) is 26.9 Å². The largest absolute Gasteiger partial charge is 0.467 e. The predicted molar refractivity (Wildman–Crippen MR) is 84.5 cm³/mol. The highest BCUT2D eigenvalue weighted by Gasteiger charge is 2.19. The molecule has 0 aliphatic rings. The maximum Gasteiger partial charge on any atom is 0.272 e. The zero-order valence-corrected chi connectivity index (χ0v) is 13.1. The number of nitro groups is 1. The van der Waals surface area contributed by atoms with Crippen LogP contribution >= 0.6 is 23.2 Å². The summed E-state index contributed by atoms with van der Waals surface area (Å²) >= 11 is 12.1. The summed E-state index contributed by atoms with van der Waals surface area (Å²) in [6.45, 7) is 1.83. The summed E-state index contributed by atoms with van der Waals surface area (Å²) < 4.78 is 5.13. The average Bonchev–Trinajstić information content (AvgIpc) is 2.96. The lowest BCUT2D eigenvalue weighted by molar-refractivity contribution is -0.384. The van der Waals surface area contributed by atoms with Crippen LogP contribution < -0.4 is 5.32 Å². The van der Waals surface area contributed by atoms with Crippen molar-refractivity contribution >= 4 is 34.6 Å². The van der Waals surface area contributed by atoms with Gasteiger partial charge in [-0.1, -0.05) is 23.2 Å². The predicted octanol–water partition coefficient (Wildman–Crippen LogP) is 4.42. The molecule has 0 saturated carbocycles. The molecule has 0 radical (unpaired) electrons. The van der Waals surface area contributed by atoms with Crippen LogP contribution in [0.3, 0.4) is 0 Å². The van der Waals surface area contributed by atoms with E-state index in [1.165, 1.54) is 18.4 Å². The molecule has 8 heteroatoms. The van der Waals surface area contributed by atoms with E-state index in [4.69, 9.17) is 27.6 Å². The van der Waals surface area contributed by atoms with Crippen molar-refractivity contribution in [1.29, 1.82) is 0 Å². The van der Waals surface area contributed by atoms with Gasteiger partial charge in [-0.15, -0.1) is 0 Å². The van der Waals surface area contributed by atoms with Crippen LogP contribution in [0.1, 0.15) is 25.2 Å². The first-order valence-electron chi connectivity index (χ1n) is 6.50. The Kier molecular flexibility index (Phi) is 5.28. The van der Waals surface area contributed by atoms with Gasteiger partial charge in [-0.2, -0.15) is 0 Å². The maximum absolute atomic E-state index is 10.7. The van der Waals surface area contributed by atoms with E-state index in [1.54, 1.807) is 12.1 Å². The van der Waals surface area contributed by atoms with Crippen molar-refractivity contribution in [3.63, 3.8) is 0 Å². The number of halogens is 2. The number of benzene rings is 1. The highest BCUT2D eigenvalue weighted by atomic mass is 35.5. The van der Waals surface area contributed by atoms with Crippen LogP contribution in [0.25, 0.3) is 0 Å². The number of non-ortho nitro benzene ring substituents is 1. The van der Waals surface area contributed by atoms with E-state index in [-0.39, 0.29) is 21.8 Å². The Hall–Kier alpha value is -1.76. The molecule has 2 N–H and O–H groups in total. The Morgan fingerprint density at radius 2 is 2.05 bits per heavy atom. The van der Waals surface area contributed by atoms with E-state index in [2.05, 4.69) is 5.32 Å². The van der Waals surface area contributed by atoms with Gasteiger partial charge in [0.1, 0.15) is 11.9 Å². The van der Waals surface area contributed by atoms with Crippen molar-refractivity contribution in [2.45, 2.75) is 25.5 Å². The normalized spacial score (nSPS) is 13.6. The molecule has 1 aromatic carbocycles. The Labute approximate surface area is 136 Å². The third-order valence-electron chi connectivity index (χ3n) is 3.08. The summed E-state index contributed by atoms with van der Waals surface area (Å²) in [6.07, 6.45) is 1.07. The van der Waals surface area contributed by atoms with Crippen molar-refractivity contribution in [2.75, 3.05) is 5.32 Å². The van der Waals surface area contributed by atoms with Gasteiger partial charge >= 0.3 is 0 Å². The number of anilines is 1. The smallest absolute Gasteiger partial charge is 0.272 e. The van der Waals surface area contributed by atoms with E-state index in [1.807, 2.05) is 6.92 Å². The Morgan fingerprint density at radius 3 is 2.55 bits per heavy atom. The molecule has 2 rings (SSSR count). The van der Waals surface area contributed by atoms with Crippen molar-refractivity contribution in [2.24, 2.45) is 0 Å². The van der Waals surface area contributed by atoms with Crippen LogP contribution in [0.4, 0.5) is 11.4 Å². The average molecular weight is 345 g/mol. The molecule has 2 atom stereocenters. The molecule has 1 aromatic heterocycles. The van der Waals surface area contributed by atoms with Gasteiger partial charge in [0.2, 0.25) is 0 Å². The minimum atomic E-state index is -0.770. The lowest BCUT2D eigenvalue weighted by Crippen LogP contribution is -2.19. The number of nitrogens with zero attached hydrogens (tertiary/aromatic N) is 1.